The largest absolute Gasteiger partial charge is 0.380 e. The predicted molar refractivity (Wildman–Crippen MR) is 94.5 cm³/mol. The molecule has 7 heteroatoms. The van der Waals surface area contributed by atoms with E-state index in [1.54, 1.807) is 12.1 Å². The Morgan fingerprint density at radius 2 is 2.04 bits per heavy atom. The third kappa shape index (κ3) is 2.86. The summed E-state index contributed by atoms with van der Waals surface area (Å²) in [5.41, 5.74) is 2.05. The maximum absolute atomic E-state index is 14.1. The van der Waals surface area contributed by atoms with E-state index in [9.17, 15) is 4.39 Å². The van der Waals surface area contributed by atoms with E-state index < -0.39 is 5.82 Å². The zero-order valence-electron chi connectivity index (χ0n) is 12.7. The number of aromatic nitrogens is 2. The van der Waals surface area contributed by atoms with Gasteiger partial charge in [-0.1, -0.05) is 17.7 Å². The first-order valence-electron chi connectivity index (χ1n) is 7.64. The Morgan fingerprint density at radius 1 is 1.17 bits per heavy atom. The van der Waals surface area contributed by atoms with Crippen LogP contribution < -0.4 is 16.0 Å². The number of rotatable bonds is 4. The molecule has 1 aliphatic heterocycles. The summed E-state index contributed by atoms with van der Waals surface area (Å²) >= 11 is 5.84. The Labute approximate surface area is 143 Å². The van der Waals surface area contributed by atoms with Crippen molar-refractivity contribution in [1.29, 1.82) is 0 Å². The summed E-state index contributed by atoms with van der Waals surface area (Å²) in [4.78, 5) is 8.52. The fourth-order valence-corrected chi connectivity index (χ4v) is 2.77. The molecule has 4 rings (SSSR count). The zero-order chi connectivity index (χ0) is 16.5. The minimum Gasteiger partial charge on any atom is -0.380 e. The van der Waals surface area contributed by atoms with Crippen LogP contribution in [0.4, 0.5) is 21.6 Å². The summed E-state index contributed by atoms with van der Waals surface area (Å²) in [5, 5.41) is 10.6. The molecule has 0 aliphatic carbocycles. The Kier molecular flexibility index (Phi) is 3.92. The van der Waals surface area contributed by atoms with Gasteiger partial charge in [0, 0.05) is 24.2 Å². The van der Waals surface area contributed by atoms with Crippen molar-refractivity contribution in [3.63, 3.8) is 0 Å². The summed E-state index contributed by atoms with van der Waals surface area (Å²) in [6, 6.07) is 11.1. The van der Waals surface area contributed by atoms with Gasteiger partial charge in [0.2, 0.25) is 0 Å². The third-order valence-corrected chi connectivity index (χ3v) is 4.28. The average Bonchev–Trinajstić information content (AvgIpc) is 2.55. The van der Waals surface area contributed by atoms with Crippen molar-refractivity contribution < 1.29 is 4.39 Å². The van der Waals surface area contributed by atoms with E-state index >= 15 is 0 Å². The van der Waals surface area contributed by atoms with Gasteiger partial charge in [-0.25, -0.2) is 14.4 Å². The van der Waals surface area contributed by atoms with Crippen molar-refractivity contribution in [2.75, 3.05) is 23.7 Å². The van der Waals surface area contributed by atoms with Crippen LogP contribution in [0.1, 0.15) is 0 Å². The van der Waals surface area contributed by atoms with E-state index in [4.69, 9.17) is 11.6 Å². The molecular weight excluding hydrogens is 329 g/mol. The Bertz CT molecular complexity index is 897. The van der Waals surface area contributed by atoms with E-state index in [2.05, 4.69) is 25.9 Å². The van der Waals surface area contributed by atoms with E-state index in [1.807, 2.05) is 18.2 Å². The zero-order valence-corrected chi connectivity index (χ0v) is 13.4. The lowest BCUT2D eigenvalue weighted by molar-refractivity contribution is 0.472. The molecule has 1 aliphatic rings. The number of nitrogens with one attached hydrogen (secondary N) is 3. The van der Waals surface area contributed by atoms with Gasteiger partial charge in [0.1, 0.15) is 12.1 Å². The normalized spacial score (nSPS) is 14.4. The standard InChI is InChI=1S/C17H15ClFN5/c18-13-2-1-3-15(16(13)19)24-17-12-6-10(23-11-7-20-8-11)4-5-14(12)21-9-22-17/h1-6,9,11,20,23H,7-8H2,(H,21,22,24). The smallest absolute Gasteiger partial charge is 0.165 e. The first-order valence-corrected chi connectivity index (χ1v) is 8.01. The van der Waals surface area contributed by atoms with Gasteiger partial charge in [0.15, 0.2) is 5.82 Å². The lowest BCUT2D eigenvalue weighted by Gasteiger charge is -2.29. The molecule has 122 valence electrons. The molecule has 0 saturated carbocycles. The van der Waals surface area contributed by atoms with Crippen LogP contribution in [0.15, 0.2) is 42.7 Å². The first kappa shape index (κ1) is 15.1. The second kappa shape index (κ2) is 6.22. The predicted octanol–water partition coefficient (Wildman–Crippen LogP) is 3.55. The summed E-state index contributed by atoms with van der Waals surface area (Å²) in [6.07, 6.45) is 1.45. The molecule has 1 fully saturated rings. The summed E-state index contributed by atoms with van der Waals surface area (Å²) in [7, 11) is 0. The molecule has 1 aromatic heterocycles. The summed E-state index contributed by atoms with van der Waals surface area (Å²) in [5.74, 6) is 0.0392. The summed E-state index contributed by atoms with van der Waals surface area (Å²) < 4.78 is 14.1. The SMILES string of the molecule is Fc1c(Cl)cccc1Nc1ncnc2ccc(NC3CNC3)cc12. The van der Waals surface area contributed by atoms with Crippen LogP contribution in [0.5, 0.6) is 0 Å². The van der Waals surface area contributed by atoms with Crippen molar-refractivity contribution in [3.8, 4) is 0 Å². The molecule has 3 aromatic rings. The van der Waals surface area contributed by atoms with E-state index in [0.29, 0.717) is 11.9 Å². The average molecular weight is 344 g/mol. The Balaban J connectivity index is 1.71. The fraction of sp³-hybridized carbons (Fsp3) is 0.176. The Morgan fingerprint density at radius 3 is 2.83 bits per heavy atom. The maximum atomic E-state index is 14.1. The highest BCUT2D eigenvalue weighted by molar-refractivity contribution is 6.31. The second-order valence-corrected chi connectivity index (χ2v) is 6.09. The molecule has 1 saturated heterocycles. The van der Waals surface area contributed by atoms with E-state index in [-0.39, 0.29) is 10.7 Å². The van der Waals surface area contributed by atoms with Gasteiger partial charge in [-0.2, -0.15) is 0 Å². The van der Waals surface area contributed by atoms with Gasteiger partial charge in [-0.3, -0.25) is 0 Å². The molecule has 0 spiro atoms. The van der Waals surface area contributed by atoms with Gasteiger partial charge in [0.05, 0.1) is 22.3 Å². The molecule has 24 heavy (non-hydrogen) atoms. The monoisotopic (exact) mass is 343 g/mol. The van der Waals surface area contributed by atoms with Crippen molar-refractivity contribution in [2.45, 2.75) is 6.04 Å². The van der Waals surface area contributed by atoms with Crippen LogP contribution in [0.3, 0.4) is 0 Å². The quantitative estimate of drug-likeness (QED) is 0.676. The molecule has 5 nitrogen and oxygen atoms in total. The van der Waals surface area contributed by atoms with Crippen molar-refractivity contribution >= 4 is 39.7 Å². The summed E-state index contributed by atoms with van der Waals surface area (Å²) in [6.45, 7) is 1.89. The van der Waals surface area contributed by atoms with Crippen molar-refractivity contribution in [2.24, 2.45) is 0 Å². The number of hydrogen-bond acceptors (Lipinski definition) is 5. The molecule has 0 unspecified atom stereocenters. The van der Waals surface area contributed by atoms with Gasteiger partial charge in [0.25, 0.3) is 0 Å². The minimum absolute atomic E-state index is 0.0678. The number of hydrogen-bond donors (Lipinski definition) is 3. The van der Waals surface area contributed by atoms with E-state index in [1.165, 1.54) is 12.4 Å². The van der Waals surface area contributed by atoms with E-state index in [0.717, 1.165) is 29.7 Å². The molecule has 2 heterocycles. The molecule has 0 atom stereocenters. The van der Waals surface area contributed by atoms with Crippen LogP contribution in [0.25, 0.3) is 10.9 Å². The number of nitrogens with zero attached hydrogens (tertiary/aromatic N) is 2. The van der Waals surface area contributed by atoms with Crippen LogP contribution in [-0.4, -0.2) is 29.1 Å². The molecule has 0 amide bonds. The minimum atomic E-state index is -0.499. The fourth-order valence-electron chi connectivity index (χ4n) is 2.60. The van der Waals surface area contributed by atoms with Gasteiger partial charge >= 0.3 is 0 Å². The van der Waals surface area contributed by atoms with Crippen LogP contribution in [-0.2, 0) is 0 Å². The van der Waals surface area contributed by atoms with Crippen LogP contribution in [0.2, 0.25) is 5.02 Å². The first-order chi connectivity index (χ1) is 11.7. The van der Waals surface area contributed by atoms with Crippen LogP contribution >= 0.6 is 11.6 Å². The number of anilines is 3. The number of halogens is 2. The molecule has 0 bridgehead atoms. The lowest BCUT2D eigenvalue weighted by Crippen LogP contribution is -2.51. The van der Waals surface area contributed by atoms with Crippen molar-refractivity contribution in [1.82, 2.24) is 15.3 Å². The number of benzene rings is 2. The van der Waals surface area contributed by atoms with Crippen LogP contribution in [0, 0.1) is 5.82 Å². The second-order valence-electron chi connectivity index (χ2n) is 5.68. The highest BCUT2D eigenvalue weighted by Crippen LogP contribution is 2.29. The topological polar surface area (TPSA) is 61.9 Å². The Hall–Kier alpha value is -2.44. The van der Waals surface area contributed by atoms with Gasteiger partial charge < -0.3 is 16.0 Å². The molecular formula is C17H15ClFN5. The lowest BCUT2D eigenvalue weighted by atomic mass is 10.1. The highest BCUT2D eigenvalue weighted by Gasteiger charge is 2.16. The third-order valence-electron chi connectivity index (χ3n) is 3.99. The van der Waals surface area contributed by atoms with Crippen molar-refractivity contribution in [3.05, 3.63) is 53.6 Å². The highest BCUT2D eigenvalue weighted by atomic mass is 35.5. The maximum Gasteiger partial charge on any atom is 0.165 e. The molecule has 0 radical (unpaired) electrons. The van der Waals surface area contributed by atoms with Gasteiger partial charge in [-0.15, -0.1) is 0 Å². The number of fused-ring (bicyclic) bond motifs is 1. The van der Waals surface area contributed by atoms with Gasteiger partial charge in [-0.05, 0) is 30.3 Å². The molecule has 2 aromatic carbocycles. The molecule has 3 N–H and O–H groups in total.